The fraction of sp³-hybridized carbons (Fsp3) is 0.943. The van der Waals surface area contributed by atoms with E-state index in [2.05, 4.69) is 45.3 Å². The van der Waals surface area contributed by atoms with Crippen molar-refractivity contribution in [2.75, 3.05) is 19.8 Å². The summed E-state index contributed by atoms with van der Waals surface area (Å²) in [5, 5.41) is 6.14. The summed E-state index contributed by atoms with van der Waals surface area (Å²) in [6.45, 7) is 14.7. The van der Waals surface area contributed by atoms with Gasteiger partial charge in [0.1, 0.15) is 0 Å². The maximum absolute atomic E-state index is 12.9. The van der Waals surface area contributed by atoms with Crippen LogP contribution in [-0.4, -0.2) is 38.0 Å². The molecule has 6 nitrogen and oxygen atoms in total. The van der Waals surface area contributed by atoms with Crippen molar-refractivity contribution in [1.29, 1.82) is 0 Å². The first-order valence-electron chi connectivity index (χ1n) is 17.5. The number of carbonyl (C=O) groups is 2. The molecular formula is C35H68N2O4. The van der Waals surface area contributed by atoms with E-state index in [0.717, 1.165) is 38.5 Å². The first kappa shape index (κ1) is 37.6. The summed E-state index contributed by atoms with van der Waals surface area (Å²) in [5.41, 5.74) is -0.0431. The Morgan fingerprint density at radius 1 is 0.707 bits per heavy atom. The molecule has 0 heterocycles. The van der Waals surface area contributed by atoms with Crippen molar-refractivity contribution in [2.24, 2.45) is 16.7 Å². The van der Waals surface area contributed by atoms with Crippen LogP contribution in [0.5, 0.6) is 0 Å². The second-order valence-corrected chi connectivity index (χ2v) is 14.2. The van der Waals surface area contributed by atoms with E-state index in [-0.39, 0.29) is 29.1 Å². The number of ether oxygens (including phenoxy) is 2. The average Bonchev–Trinajstić information content (AvgIpc) is 2.91. The molecule has 0 aliphatic heterocycles. The lowest BCUT2D eigenvalue weighted by Crippen LogP contribution is -2.50. The molecule has 0 bridgehead atoms. The Hall–Kier alpha value is -1.46. The van der Waals surface area contributed by atoms with Crippen molar-refractivity contribution in [1.82, 2.24) is 10.6 Å². The van der Waals surface area contributed by atoms with Crippen LogP contribution in [0.1, 0.15) is 170 Å². The summed E-state index contributed by atoms with van der Waals surface area (Å²) in [7, 11) is 0. The second-order valence-electron chi connectivity index (χ2n) is 14.2. The van der Waals surface area contributed by atoms with Crippen LogP contribution in [0.15, 0.2) is 0 Å². The minimum Gasteiger partial charge on any atom is -0.450 e. The number of alkyl carbamates (subject to hydrolysis) is 2. The SMILES string of the molecule is CCCCCCCCCCC(CCCCCCCC)COC(=O)NC1CC(C)(C)CC(C)(CNC(=O)OCCC)C1. The standard InChI is InChI=1S/C35H68N2O4/c1-7-10-12-14-16-17-19-21-23-30(22-20-18-15-13-11-8-2)27-41-33(39)37-31-25-34(4,5)28-35(6,26-31)29-36-32(38)40-24-9-3/h30-31H,7-29H2,1-6H3,(H,36,38)(H,37,39). The number of unbranched alkanes of at least 4 members (excludes halogenated alkanes) is 12. The monoisotopic (exact) mass is 581 g/mol. The highest BCUT2D eigenvalue weighted by atomic mass is 16.6. The lowest BCUT2D eigenvalue weighted by molar-refractivity contribution is 0.0596. The van der Waals surface area contributed by atoms with Gasteiger partial charge < -0.3 is 20.1 Å². The average molecular weight is 581 g/mol. The minimum absolute atomic E-state index is 0.0365. The highest BCUT2D eigenvalue weighted by Crippen LogP contribution is 2.45. The Kier molecular flexibility index (Phi) is 20.3. The third-order valence-corrected chi connectivity index (χ3v) is 8.74. The summed E-state index contributed by atoms with van der Waals surface area (Å²) in [6.07, 6.45) is 23.6. The number of nitrogens with one attached hydrogen (secondary N) is 2. The lowest BCUT2D eigenvalue weighted by Gasteiger charge is -2.46. The Bertz CT molecular complexity index is 683. The fourth-order valence-corrected chi connectivity index (χ4v) is 6.89. The van der Waals surface area contributed by atoms with Crippen molar-refractivity contribution in [2.45, 2.75) is 176 Å². The maximum atomic E-state index is 12.9. The van der Waals surface area contributed by atoms with E-state index in [1.165, 1.54) is 89.9 Å². The predicted molar refractivity (Wildman–Crippen MR) is 172 cm³/mol. The number of rotatable bonds is 23. The molecule has 0 saturated heterocycles. The fourth-order valence-electron chi connectivity index (χ4n) is 6.89. The molecule has 1 rings (SSSR count). The molecular weight excluding hydrogens is 512 g/mol. The normalized spacial score (nSPS) is 20.8. The minimum atomic E-state index is -0.353. The second kappa shape index (κ2) is 22.1. The molecule has 2 amide bonds. The highest BCUT2D eigenvalue weighted by molar-refractivity contribution is 5.68. The zero-order valence-electron chi connectivity index (χ0n) is 28.1. The van der Waals surface area contributed by atoms with E-state index < -0.39 is 0 Å². The first-order chi connectivity index (χ1) is 19.6. The van der Waals surface area contributed by atoms with Gasteiger partial charge in [-0.2, -0.15) is 0 Å². The zero-order valence-corrected chi connectivity index (χ0v) is 28.1. The molecule has 6 heteroatoms. The molecule has 1 fully saturated rings. The summed E-state index contributed by atoms with van der Waals surface area (Å²) in [4.78, 5) is 25.0. The van der Waals surface area contributed by atoms with Gasteiger partial charge >= 0.3 is 12.2 Å². The molecule has 1 saturated carbocycles. The lowest BCUT2D eigenvalue weighted by atomic mass is 9.62. The number of carbonyl (C=O) groups excluding carboxylic acids is 2. The topological polar surface area (TPSA) is 76.7 Å². The van der Waals surface area contributed by atoms with Crippen LogP contribution in [0.2, 0.25) is 0 Å². The van der Waals surface area contributed by atoms with Gasteiger partial charge in [0.2, 0.25) is 0 Å². The smallest absolute Gasteiger partial charge is 0.407 e. The molecule has 2 N–H and O–H groups in total. The molecule has 41 heavy (non-hydrogen) atoms. The zero-order chi connectivity index (χ0) is 30.4. The number of hydrogen-bond acceptors (Lipinski definition) is 4. The molecule has 0 radical (unpaired) electrons. The van der Waals surface area contributed by atoms with Crippen LogP contribution >= 0.6 is 0 Å². The Labute approximate surface area is 254 Å². The highest BCUT2D eigenvalue weighted by Gasteiger charge is 2.42. The molecule has 1 aliphatic carbocycles. The predicted octanol–water partition coefficient (Wildman–Crippen LogP) is 10.3. The van der Waals surface area contributed by atoms with E-state index in [1.54, 1.807) is 0 Å². The van der Waals surface area contributed by atoms with Crippen molar-refractivity contribution in [3.8, 4) is 0 Å². The van der Waals surface area contributed by atoms with Crippen molar-refractivity contribution < 1.29 is 19.1 Å². The van der Waals surface area contributed by atoms with Gasteiger partial charge in [0.25, 0.3) is 0 Å². The van der Waals surface area contributed by atoms with E-state index in [1.807, 2.05) is 6.92 Å². The third kappa shape index (κ3) is 19.4. The summed E-state index contributed by atoms with van der Waals surface area (Å²) in [5.74, 6) is 0.457. The number of amides is 2. The summed E-state index contributed by atoms with van der Waals surface area (Å²) in [6, 6.07) is 0.0365. The van der Waals surface area contributed by atoms with Crippen LogP contribution < -0.4 is 10.6 Å². The Balaban J connectivity index is 2.53. The van der Waals surface area contributed by atoms with Gasteiger partial charge in [-0.1, -0.05) is 131 Å². The van der Waals surface area contributed by atoms with Crippen LogP contribution in [0, 0.1) is 16.7 Å². The van der Waals surface area contributed by atoms with Gasteiger partial charge in [-0.3, -0.25) is 0 Å². The Morgan fingerprint density at radius 3 is 1.78 bits per heavy atom. The van der Waals surface area contributed by atoms with E-state index in [0.29, 0.717) is 25.7 Å². The molecule has 3 atom stereocenters. The largest absolute Gasteiger partial charge is 0.450 e. The van der Waals surface area contributed by atoms with Gasteiger partial charge in [-0.05, 0) is 55.3 Å². The molecule has 0 spiro atoms. The maximum Gasteiger partial charge on any atom is 0.407 e. The van der Waals surface area contributed by atoms with Gasteiger partial charge in [0, 0.05) is 12.6 Å². The third-order valence-electron chi connectivity index (χ3n) is 8.74. The molecule has 1 aliphatic rings. The van der Waals surface area contributed by atoms with E-state index >= 15 is 0 Å². The van der Waals surface area contributed by atoms with E-state index in [4.69, 9.17) is 9.47 Å². The number of hydrogen-bond donors (Lipinski definition) is 2. The van der Waals surface area contributed by atoms with Crippen LogP contribution in [0.3, 0.4) is 0 Å². The first-order valence-corrected chi connectivity index (χ1v) is 17.5. The Morgan fingerprint density at radius 2 is 1.24 bits per heavy atom. The van der Waals surface area contributed by atoms with Crippen LogP contribution in [-0.2, 0) is 9.47 Å². The molecule has 0 aromatic heterocycles. The molecule has 0 aromatic carbocycles. The van der Waals surface area contributed by atoms with Crippen molar-refractivity contribution in [3.05, 3.63) is 0 Å². The molecule has 3 unspecified atom stereocenters. The summed E-state index contributed by atoms with van der Waals surface area (Å²) < 4.78 is 11.1. The summed E-state index contributed by atoms with van der Waals surface area (Å²) >= 11 is 0. The van der Waals surface area contributed by atoms with Gasteiger partial charge in [-0.25, -0.2) is 9.59 Å². The molecule has 242 valence electrons. The van der Waals surface area contributed by atoms with Gasteiger partial charge in [-0.15, -0.1) is 0 Å². The van der Waals surface area contributed by atoms with Crippen LogP contribution in [0.25, 0.3) is 0 Å². The van der Waals surface area contributed by atoms with Crippen molar-refractivity contribution in [3.63, 3.8) is 0 Å². The quantitative estimate of drug-likeness (QED) is 0.118. The molecule has 0 aromatic rings. The van der Waals surface area contributed by atoms with Crippen molar-refractivity contribution >= 4 is 12.2 Å². The van der Waals surface area contributed by atoms with E-state index in [9.17, 15) is 9.59 Å². The van der Waals surface area contributed by atoms with Crippen LogP contribution in [0.4, 0.5) is 9.59 Å². The van der Waals surface area contributed by atoms with Gasteiger partial charge in [0.05, 0.1) is 13.2 Å². The van der Waals surface area contributed by atoms with Gasteiger partial charge in [0.15, 0.2) is 0 Å².